The highest BCUT2D eigenvalue weighted by Gasteiger charge is 2.21. The molecule has 5 nitrogen and oxygen atoms in total. The van der Waals surface area contributed by atoms with Crippen molar-refractivity contribution in [3.8, 4) is 22.6 Å². The molecule has 2 aromatic carbocycles. The van der Waals surface area contributed by atoms with Crippen molar-refractivity contribution >= 4 is 0 Å². The first-order valence-corrected chi connectivity index (χ1v) is 9.92. The van der Waals surface area contributed by atoms with Gasteiger partial charge in [0.1, 0.15) is 11.5 Å². The molecule has 0 aliphatic heterocycles. The number of hydrogen-bond donors (Lipinski definition) is 1. The van der Waals surface area contributed by atoms with E-state index < -0.39 is 6.10 Å². The Morgan fingerprint density at radius 3 is 2.24 bits per heavy atom. The SMILES string of the molecule is C=CCC(O)CCc1c(CC)c(OCOC)cc(OCOC)c1-c1ccccc1. The zero-order valence-corrected chi connectivity index (χ0v) is 17.6. The molecular formula is C24H32O5. The van der Waals surface area contributed by atoms with Gasteiger partial charge in [0.05, 0.1) is 6.10 Å². The van der Waals surface area contributed by atoms with Crippen LogP contribution in [0.1, 0.15) is 30.9 Å². The highest BCUT2D eigenvalue weighted by molar-refractivity contribution is 5.77. The minimum absolute atomic E-state index is 0.132. The van der Waals surface area contributed by atoms with Crippen LogP contribution < -0.4 is 9.47 Å². The molecule has 0 aliphatic rings. The van der Waals surface area contributed by atoms with Crippen molar-refractivity contribution in [1.82, 2.24) is 0 Å². The molecule has 0 bridgehead atoms. The third-order valence-electron chi connectivity index (χ3n) is 4.72. The lowest BCUT2D eigenvalue weighted by Crippen LogP contribution is -2.11. The third-order valence-corrected chi connectivity index (χ3v) is 4.72. The standard InChI is InChI=1S/C24H32O5/c1-5-10-19(25)13-14-21-20(6-2)22(28-16-26-3)15-23(29-17-27-4)24(21)18-11-8-7-9-12-18/h5,7-9,11-12,15,19,25H,1,6,10,13-14,16-17H2,2-4H3. The van der Waals surface area contributed by atoms with Crippen LogP contribution in [0.25, 0.3) is 11.1 Å². The Kier molecular flexibility index (Phi) is 9.71. The molecule has 2 aromatic rings. The van der Waals surface area contributed by atoms with Gasteiger partial charge < -0.3 is 24.1 Å². The number of hydrogen-bond acceptors (Lipinski definition) is 5. The first kappa shape index (κ1) is 22.9. The monoisotopic (exact) mass is 400 g/mol. The molecule has 1 atom stereocenters. The minimum atomic E-state index is -0.437. The van der Waals surface area contributed by atoms with Crippen molar-refractivity contribution in [2.24, 2.45) is 0 Å². The van der Waals surface area contributed by atoms with Crippen LogP contribution in [0.3, 0.4) is 0 Å². The van der Waals surface area contributed by atoms with Gasteiger partial charge in [-0.3, -0.25) is 0 Å². The summed E-state index contributed by atoms with van der Waals surface area (Å²) in [6.45, 7) is 6.11. The summed E-state index contributed by atoms with van der Waals surface area (Å²) in [5.74, 6) is 1.42. The largest absolute Gasteiger partial charge is 0.467 e. The summed E-state index contributed by atoms with van der Waals surface area (Å²) >= 11 is 0. The van der Waals surface area contributed by atoms with Crippen molar-refractivity contribution in [3.63, 3.8) is 0 Å². The lowest BCUT2D eigenvalue weighted by molar-refractivity contribution is 0.0457. The second kappa shape index (κ2) is 12.3. The Morgan fingerprint density at radius 1 is 1.00 bits per heavy atom. The van der Waals surface area contributed by atoms with Gasteiger partial charge in [0.2, 0.25) is 0 Å². The molecule has 0 aromatic heterocycles. The van der Waals surface area contributed by atoms with Crippen molar-refractivity contribution in [1.29, 1.82) is 0 Å². The normalized spacial score (nSPS) is 11.9. The van der Waals surface area contributed by atoms with E-state index in [1.54, 1.807) is 20.3 Å². The number of rotatable bonds is 13. The topological polar surface area (TPSA) is 57.2 Å². The molecule has 0 fully saturated rings. The van der Waals surface area contributed by atoms with Crippen LogP contribution >= 0.6 is 0 Å². The van der Waals surface area contributed by atoms with E-state index in [0.29, 0.717) is 25.0 Å². The van der Waals surface area contributed by atoms with Gasteiger partial charge in [-0.15, -0.1) is 6.58 Å². The zero-order valence-electron chi connectivity index (χ0n) is 17.6. The fourth-order valence-corrected chi connectivity index (χ4v) is 3.42. The summed E-state index contributed by atoms with van der Waals surface area (Å²) in [4.78, 5) is 0. The minimum Gasteiger partial charge on any atom is -0.467 e. The molecule has 0 amide bonds. The quantitative estimate of drug-likeness (QED) is 0.388. The van der Waals surface area contributed by atoms with E-state index in [1.165, 1.54) is 0 Å². The Labute approximate surface area is 173 Å². The van der Waals surface area contributed by atoms with Crippen molar-refractivity contribution in [2.45, 2.75) is 38.7 Å². The smallest absolute Gasteiger partial charge is 0.188 e. The molecule has 0 aliphatic carbocycles. The Morgan fingerprint density at radius 2 is 1.66 bits per heavy atom. The maximum atomic E-state index is 10.3. The number of benzene rings is 2. The van der Waals surface area contributed by atoms with Gasteiger partial charge in [-0.1, -0.05) is 43.3 Å². The molecule has 0 saturated heterocycles. The second-order valence-electron chi connectivity index (χ2n) is 6.74. The van der Waals surface area contributed by atoms with Crippen LogP contribution in [0.15, 0.2) is 49.1 Å². The predicted octanol–water partition coefficient (Wildman–Crippen LogP) is 4.75. The van der Waals surface area contributed by atoms with Gasteiger partial charge in [-0.2, -0.15) is 0 Å². The van der Waals surface area contributed by atoms with Crippen molar-refractivity contribution < 1.29 is 24.1 Å². The maximum Gasteiger partial charge on any atom is 0.188 e. The number of ether oxygens (including phenoxy) is 4. The fraction of sp³-hybridized carbons (Fsp3) is 0.417. The molecular weight excluding hydrogens is 368 g/mol. The zero-order chi connectivity index (χ0) is 21.1. The van der Waals surface area contributed by atoms with Gasteiger partial charge in [0.15, 0.2) is 13.6 Å². The third kappa shape index (κ3) is 6.32. The summed E-state index contributed by atoms with van der Waals surface area (Å²) in [7, 11) is 3.19. The summed E-state index contributed by atoms with van der Waals surface area (Å²) in [5.41, 5.74) is 4.27. The second-order valence-corrected chi connectivity index (χ2v) is 6.74. The molecule has 29 heavy (non-hydrogen) atoms. The molecule has 5 heteroatoms. The van der Waals surface area contributed by atoms with Crippen LogP contribution in [-0.2, 0) is 22.3 Å². The first-order chi connectivity index (χ1) is 14.2. The van der Waals surface area contributed by atoms with Crippen molar-refractivity contribution in [2.75, 3.05) is 27.8 Å². The highest BCUT2D eigenvalue weighted by atomic mass is 16.7. The summed E-state index contributed by atoms with van der Waals surface area (Å²) in [6, 6.07) is 12.0. The van der Waals surface area contributed by atoms with Gasteiger partial charge in [-0.05, 0) is 42.4 Å². The van der Waals surface area contributed by atoms with Crippen LogP contribution in [-0.4, -0.2) is 39.0 Å². The van der Waals surface area contributed by atoms with Gasteiger partial charge in [0, 0.05) is 25.8 Å². The highest BCUT2D eigenvalue weighted by Crippen LogP contribution is 2.42. The first-order valence-electron chi connectivity index (χ1n) is 9.92. The fourth-order valence-electron chi connectivity index (χ4n) is 3.42. The van der Waals surface area contributed by atoms with E-state index in [1.807, 2.05) is 24.3 Å². The summed E-state index contributed by atoms with van der Waals surface area (Å²) in [5, 5.41) is 10.3. The molecule has 1 unspecified atom stereocenters. The molecule has 0 heterocycles. The van der Waals surface area contributed by atoms with E-state index in [2.05, 4.69) is 25.6 Å². The average molecular weight is 401 g/mol. The number of methoxy groups -OCH3 is 2. The molecule has 2 rings (SSSR count). The summed E-state index contributed by atoms with van der Waals surface area (Å²) in [6.07, 6.45) is 3.97. The Balaban J connectivity index is 2.61. The van der Waals surface area contributed by atoms with Gasteiger partial charge in [0.25, 0.3) is 0 Å². The van der Waals surface area contributed by atoms with Crippen molar-refractivity contribution in [3.05, 3.63) is 60.2 Å². The molecule has 0 radical (unpaired) electrons. The van der Waals surface area contributed by atoms with E-state index >= 15 is 0 Å². The van der Waals surface area contributed by atoms with Crippen LogP contribution in [0.2, 0.25) is 0 Å². The van der Waals surface area contributed by atoms with Crippen LogP contribution in [0, 0.1) is 0 Å². The van der Waals surface area contributed by atoms with E-state index in [4.69, 9.17) is 18.9 Å². The lowest BCUT2D eigenvalue weighted by Gasteiger charge is -2.23. The molecule has 158 valence electrons. The average Bonchev–Trinajstić information content (AvgIpc) is 2.75. The van der Waals surface area contributed by atoms with Gasteiger partial charge in [-0.25, -0.2) is 0 Å². The Hall–Kier alpha value is -2.34. The number of aliphatic hydroxyl groups is 1. The van der Waals surface area contributed by atoms with E-state index in [9.17, 15) is 5.11 Å². The van der Waals surface area contributed by atoms with Crippen LogP contribution in [0.4, 0.5) is 0 Å². The Bertz CT molecular complexity index is 758. The predicted molar refractivity (Wildman–Crippen MR) is 115 cm³/mol. The van der Waals surface area contributed by atoms with E-state index in [0.717, 1.165) is 34.4 Å². The van der Waals surface area contributed by atoms with Gasteiger partial charge >= 0.3 is 0 Å². The van der Waals surface area contributed by atoms with Crippen LogP contribution in [0.5, 0.6) is 11.5 Å². The van der Waals surface area contributed by atoms with E-state index in [-0.39, 0.29) is 13.6 Å². The maximum absolute atomic E-state index is 10.3. The summed E-state index contributed by atoms with van der Waals surface area (Å²) < 4.78 is 22.1. The lowest BCUT2D eigenvalue weighted by atomic mass is 9.88. The molecule has 0 spiro atoms. The molecule has 0 saturated carbocycles. The number of aliphatic hydroxyl groups excluding tert-OH is 1. The molecule has 1 N–H and O–H groups in total.